The molecule has 0 radical (unpaired) electrons. The van der Waals surface area contributed by atoms with Gasteiger partial charge in [0.1, 0.15) is 23.4 Å². The second-order valence-electron chi connectivity index (χ2n) is 4.41. The Labute approximate surface area is 104 Å². The van der Waals surface area contributed by atoms with Crippen molar-refractivity contribution in [2.45, 2.75) is 19.1 Å². The lowest BCUT2D eigenvalue weighted by atomic mass is 9.64. The minimum absolute atomic E-state index is 0.142. The number of esters is 1. The number of cyclic esters (lactones) is 1. The fraction of sp³-hybridized carbons (Fsp3) is 0.385. The summed E-state index contributed by atoms with van der Waals surface area (Å²) >= 11 is 0. The molecule has 5 nitrogen and oxygen atoms in total. The van der Waals surface area contributed by atoms with Gasteiger partial charge in [-0.05, 0) is 13.0 Å². The largest absolute Gasteiger partial charge is 0.428 e. The van der Waals surface area contributed by atoms with Crippen molar-refractivity contribution in [1.29, 1.82) is 0 Å². The minimum Gasteiger partial charge on any atom is -0.428 e. The van der Waals surface area contributed by atoms with E-state index in [4.69, 9.17) is 4.74 Å². The number of ketones is 1. The number of aliphatic hydroxyl groups excluding tert-OH is 2. The Morgan fingerprint density at radius 1 is 1.39 bits per heavy atom. The van der Waals surface area contributed by atoms with Crippen LogP contribution in [0.2, 0.25) is 0 Å². The summed E-state index contributed by atoms with van der Waals surface area (Å²) in [7, 11) is 0. The summed E-state index contributed by atoms with van der Waals surface area (Å²) in [5.41, 5.74) is -1.71. The van der Waals surface area contributed by atoms with E-state index < -0.39 is 35.3 Å². The van der Waals surface area contributed by atoms with E-state index in [0.29, 0.717) is 0 Å². The van der Waals surface area contributed by atoms with Crippen LogP contribution in [-0.2, 0) is 14.3 Å². The molecule has 0 amide bonds. The van der Waals surface area contributed by atoms with Gasteiger partial charge in [-0.1, -0.05) is 24.8 Å². The van der Waals surface area contributed by atoms with Crippen LogP contribution in [0.25, 0.3) is 0 Å². The molecule has 1 aliphatic heterocycles. The molecule has 5 heteroatoms. The molecular formula is C13H14O5. The summed E-state index contributed by atoms with van der Waals surface area (Å²) in [6.07, 6.45) is 2.97. The summed E-state index contributed by atoms with van der Waals surface area (Å²) < 4.78 is 4.80. The summed E-state index contributed by atoms with van der Waals surface area (Å²) in [4.78, 5) is 23.6. The first-order valence-corrected chi connectivity index (χ1v) is 5.58. The molecule has 18 heavy (non-hydrogen) atoms. The number of carbonyl (C=O) groups is 2. The third-order valence-electron chi connectivity index (χ3n) is 3.48. The normalized spacial score (nSPS) is 39.9. The van der Waals surface area contributed by atoms with Gasteiger partial charge in [0, 0.05) is 5.92 Å². The third-order valence-corrected chi connectivity index (χ3v) is 3.48. The van der Waals surface area contributed by atoms with Crippen LogP contribution >= 0.6 is 0 Å². The van der Waals surface area contributed by atoms with Gasteiger partial charge < -0.3 is 14.9 Å². The summed E-state index contributed by atoms with van der Waals surface area (Å²) in [5.74, 6) is -2.21. The van der Waals surface area contributed by atoms with Crippen molar-refractivity contribution in [3.63, 3.8) is 0 Å². The molecule has 1 saturated heterocycles. The molecule has 0 aromatic rings. The van der Waals surface area contributed by atoms with E-state index in [1.165, 1.54) is 12.2 Å². The van der Waals surface area contributed by atoms with Crippen LogP contribution in [-0.4, -0.2) is 34.2 Å². The first-order chi connectivity index (χ1) is 8.46. The van der Waals surface area contributed by atoms with Crippen molar-refractivity contribution in [1.82, 2.24) is 0 Å². The number of rotatable bonds is 1. The van der Waals surface area contributed by atoms with Crippen LogP contribution < -0.4 is 0 Å². The van der Waals surface area contributed by atoms with E-state index in [-0.39, 0.29) is 5.76 Å². The summed E-state index contributed by atoms with van der Waals surface area (Å²) in [6, 6.07) is 0. The average Bonchev–Trinajstić information content (AvgIpc) is 2.54. The molecule has 4 unspecified atom stereocenters. The highest BCUT2D eigenvalue weighted by atomic mass is 16.6. The molecular weight excluding hydrogens is 236 g/mol. The molecule has 1 aliphatic carbocycles. The highest BCUT2D eigenvalue weighted by Gasteiger charge is 2.64. The molecule has 0 bridgehead atoms. The van der Waals surface area contributed by atoms with Crippen molar-refractivity contribution in [2.24, 2.45) is 11.3 Å². The maximum absolute atomic E-state index is 12.0. The van der Waals surface area contributed by atoms with E-state index >= 15 is 0 Å². The minimum atomic E-state index is -1.71. The Morgan fingerprint density at radius 3 is 2.56 bits per heavy atom. The van der Waals surface area contributed by atoms with Gasteiger partial charge in [-0.3, -0.25) is 9.59 Å². The van der Waals surface area contributed by atoms with Gasteiger partial charge in [0.2, 0.25) is 0 Å². The van der Waals surface area contributed by atoms with Gasteiger partial charge in [-0.25, -0.2) is 0 Å². The second-order valence-corrected chi connectivity index (χ2v) is 4.41. The van der Waals surface area contributed by atoms with E-state index in [0.717, 1.165) is 0 Å². The predicted octanol–water partition coefficient (Wildman–Crippen LogP) is 0.0963. The van der Waals surface area contributed by atoms with Gasteiger partial charge in [-0.15, -0.1) is 0 Å². The SMILES string of the molecule is C=C1OC(=O)C2(C(/C=C/C)C=CC(=O)C2O)C1O. The van der Waals surface area contributed by atoms with E-state index in [1.807, 2.05) is 0 Å². The number of allylic oxidation sites excluding steroid dienone is 3. The standard InChI is InChI=1S/C13H14O5/c1-3-4-8-5-6-9(14)11(16)13(8)10(15)7(2)18-12(13)17/h3-6,8,10-11,15-16H,2H2,1H3/b4-3+. The van der Waals surface area contributed by atoms with E-state index in [1.54, 1.807) is 19.1 Å². The highest BCUT2D eigenvalue weighted by Crippen LogP contribution is 2.48. The maximum Gasteiger partial charge on any atom is 0.324 e. The number of hydrogen-bond acceptors (Lipinski definition) is 5. The fourth-order valence-corrected chi connectivity index (χ4v) is 2.52. The molecule has 1 heterocycles. The molecule has 0 saturated carbocycles. The Balaban J connectivity index is 2.62. The molecule has 2 aliphatic rings. The predicted molar refractivity (Wildman–Crippen MR) is 62.1 cm³/mol. The second kappa shape index (κ2) is 4.19. The number of ether oxygens (including phenoxy) is 1. The van der Waals surface area contributed by atoms with E-state index in [9.17, 15) is 19.8 Å². The molecule has 2 rings (SSSR count). The Kier molecular flexibility index (Phi) is 2.96. The fourth-order valence-electron chi connectivity index (χ4n) is 2.52. The van der Waals surface area contributed by atoms with Crippen molar-refractivity contribution >= 4 is 11.8 Å². The zero-order chi connectivity index (χ0) is 13.5. The van der Waals surface area contributed by atoms with Gasteiger partial charge in [0.05, 0.1) is 0 Å². The highest BCUT2D eigenvalue weighted by molar-refractivity contribution is 6.01. The van der Waals surface area contributed by atoms with Gasteiger partial charge >= 0.3 is 5.97 Å². The smallest absolute Gasteiger partial charge is 0.324 e. The topological polar surface area (TPSA) is 83.8 Å². The number of aliphatic hydroxyl groups is 2. The lowest BCUT2D eigenvalue weighted by Crippen LogP contribution is -2.56. The van der Waals surface area contributed by atoms with Crippen molar-refractivity contribution in [3.05, 3.63) is 36.6 Å². The molecule has 96 valence electrons. The van der Waals surface area contributed by atoms with Crippen LogP contribution in [0, 0.1) is 11.3 Å². The van der Waals surface area contributed by atoms with Crippen LogP contribution in [0.4, 0.5) is 0 Å². The van der Waals surface area contributed by atoms with Crippen LogP contribution in [0.15, 0.2) is 36.6 Å². The summed E-state index contributed by atoms with van der Waals surface area (Å²) in [5, 5.41) is 20.2. The van der Waals surface area contributed by atoms with Gasteiger partial charge in [0.25, 0.3) is 0 Å². The van der Waals surface area contributed by atoms with Crippen LogP contribution in [0.5, 0.6) is 0 Å². The molecule has 0 aromatic carbocycles. The van der Waals surface area contributed by atoms with Gasteiger partial charge in [0.15, 0.2) is 5.78 Å². The Morgan fingerprint density at radius 2 is 2.06 bits per heavy atom. The number of hydrogen-bond donors (Lipinski definition) is 2. The van der Waals surface area contributed by atoms with Crippen molar-refractivity contribution < 1.29 is 24.5 Å². The lowest BCUT2D eigenvalue weighted by Gasteiger charge is -2.38. The third kappa shape index (κ3) is 1.41. The van der Waals surface area contributed by atoms with Gasteiger partial charge in [-0.2, -0.15) is 0 Å². The molecule has 0 aromatic heterocycles. The lowest BCUT2D eigenvalue weighted by molar-refractivity contribution is -0.162. The first kappa shape index (κ1) is 12.7. The summed E-state index contributed by atoms with van der Waals surface area (Å²) in [6.45, 7) is 5.17. The zero-order valence-corrected chi connectivity index (χ0v) is 9.87. The number of carbonyl (C=O) groups excluding carboxylic acids is 2. The van der Waals surface area contributed by atoms with Crippen LogP contribution in [0.3, 0.4) is 0 Å². The average molecular weight is 250 g/mol. The zero-order valence-electron chi connectivity index (χ0n) is 9.87. The molecule has 4 atom stereocenters. The maximum atomic E-state index is 12.0. The van der Waals surface area contributed by atoms with E-state index in [2.05, 4.69) is 6.58 Å². The Hall–Kier alpha value is -1.72. The van der Waals surface area contributed by atoms with Crippen molar-refractivity contribution in [2.75, 3.05) is 0 Å². The van der Waals surface area contributed by atoms with Crippen LogP contribution in [0.1, 0.15) is 6.92 Å². The quantitative estimate of drug-likeness (QED) is 0.509. The molecule has 1 fully saturated rings. The molecule has 2 N–H and O–H groups in total. The van der Waals surface area contributed by atoms with Crippen molar-refractivity contribution in [3.8, 4) is 0 Å². The Bertz CT molecular complexity index is 476. The first-order valence-electron chi connectivity index (χ1n) is 5.58. The molecule has 1 spiro atoms. The monoisotopic (exact) mass is 250 g/mol.